The van der Waals surface area contributed by atoms with Crippen LogP contribution in [0.4, 0.5) is 0 Å². The highest BCUT2D eigenvalue weighted by molar-refractivity contribution is 4.80. The third kappa shape index (κ3) is 6.17. The normalized spacial score (nSPS) is 23.2. The highest BCUT2D eigenvalue weighted by Gasteiger charge is 2.24. The van der Waals surface area contributed by atoms with Crippen molar-refractivity contribution in [3.8, 4) is 0 Å². The fraction of sp³-hybridized carbons (Fsp3) is 1.00. The molecule has 2 atom stereocenters. The minimum absolute atomic E-state index is 0.228. The van der Waals surface area contributed by atoms with E-state index >= 15 is 0 Å². The van der Waals surface area contributed by atoms with E-state index in [4.69, 9.17) is 10.5 Å². The summed E-state index contributed by atoms with van der Waals surface area (Å²) in [6.45, 7) is 8.64. The number of ether oxygens (including phenoxy) is 1. The Hall–Kier alpha value is -0.120. The minimum Gasteiger partial charge on any atom is -0.374 e. The molecule has 0 radical (unpaired) electrons. The second-order valence-corrected chi connectivity index (χ2v) is 5.58. The first-order chi connectivity index (χ1) is 8.77. The van der Waals surface area contributed by atoms with Crippen LogP contribution in [-0.2, 0) is 4.74 Å². The van der Waals surface area contributed by atoms with Crippen molar-refractivity contribution in [3.63, 3.8) is 0 Å². The molecule has 0 aliphatic carbocycles. The van der Waals surface area contributed by atoms with E-state index in [1.54, 1.807) is 0 Å². The van der Waals surface area contributed by atoms with Gasteiger partial charge in [-0.05, 0) is 19.4 Å². The van der Waals surface area contributed by atoms with Crippen LogP contribution in [0.15, 0.2) is 0 Å². The molecule has 2 N–H and O–H groups in total. The molecular formula is C15H32N2O. The third-order valence-corrected chi connectivity index (χ3v) is 3.84. The lowest BCUT2D eigenvalue weighted by atomic mass is 10.0. The second kappa shape index (κ2) is 9.76. The monoisotopic (exact) mass is 256 g/mol. The summed E-state index contributed by atoms with van der Waals surface area (Å²) in [5.74, 6) is 0. The molecule has 3 nitrogen and oxygen atoms in total. The summed E-state index contributed by atoms with van der Waals surface area (Å²) in [5.41, 5.74) is 6.27. The molecule has 0 saturated carbocycles. The fourth-order valence-electron chi connectivity index (χ4n) is 2.68. The fourth-order valence-corrected chi connectivity index (χ4v) is 2.68. The summed E-state index contributed by atoms with van der Waals surface area (Å²) in [7, 11) is 0. The van der Waals surface area contributed by atoms with Gasteiger partial charge < -0.3 is 10.5 Å². The van der Waals surface area contributed by atoms with Crippen molar-refractivity contribution in [1.29, 1.82) is 0 Å². The van der Waals surface area contributed by atoms with Crippen LogP contribution in [-0.4, -0.2) is 43.3 Å². The topological polar surface area (TPSA) is 38.5 Å². The molecule has 1 aliphatic rings. The first-order valence-electron chi connectivity index (χ1n) is 7.87. The number of nitrogens with zero attached hydrogens (tertiary/aromatic N) is 1. The van der Waals surface area contributed by atoms with Gasteiger partial charge in [0.05, 0.1) is 12.7 Å². The van der Waals surface area contributed by atoms with E-state index in [2.05, 4.69) is 18.7 Å². The number of hydrogen-bond acceptors (Lipinski definition) is 3. The number of morpholine rings is 1. The van der Waals surface area contributed by atoms with Gasteiger partial charge in [-0.2, -0.15) is 0 Å². The van der Waals surface area contributed by atoms with E-state index in [9.17, 15) is 0 Å². The maximum absolute atomic E-state index is 6.27. The summed E-state index contributed by atoms with van der Waals surface area (Å²) < 4.78 is 5.83. The van der Waals surface area contributed by atoms with Gasteiger partial charge in [-0.1, -0.05) is 46.0 Å². The number of nitrogens with two attached hydrogens (primary N) is 1. The van der Waals surface area contributed by atoms with Crippen molar-refractivity contribution in [1.82, 2.24) is 4.90 Å². The predicted octanol–water partition coefficient (Wildman–Crippen LogP) is 2.79. The molecule has 1 saturated heterocycles. The molecule has 1 heterocycles. The zero-order valence-electron chi connectivity index (χ0n) is 12.4. The predicted molar refractivity (Wildman–Crippen MR) is 77.8 cm³/mol. The van der Waals surface area contributed by atoms with Gasteiger partial charge in [-0.15, -0.1) is 0 Å². The van der Waals surface area contributed by atoms with Crippen LogP contribution in [0.1, 0.15) is 58.8 Å². The molecule has 18 heavy (non-hydrogen) atoms. The number of unbranched alkanes of at least 4 members (excludes halogenated alkanes) is 4. The zero-order chi connectivity index (χ0) is 13.2. The SMILES string of the molecule is CCCCCCCC(N)C1CN(CCC)CCO1. The van der Waals surface area contributed by atoms with Crippen LogP contribution in [0.25, 0.3) is 0 Å². The number of rotatable bonds is 9. The van der Waals surface area contributed by atoms with E-state index in [0.29, 0.717) is 0 Å². The van der Waals surface area contributed by atoms with E-state index in [1.165, 1.54) is 45.1 Å². The van der Waals surface area contributed by atoms with Crippen LogP contribution < -0.4 is 5.73 Å². The van der Waals surface area contributed by atoms with Gasteiger partial charge in [0.2, 0.25) is 0 Å². The van der Waals surface area contributed by atoms with Crippen molar-refractivity contribution in [2.45, 2.75) is 70.9 Å². The van der Waals surface area contributed by atoms with Crippen LogP contribution in [0.2, 0.25) is 0 Å². The molecule has 0 spiro atoms. The Morgan fingerprint density at radius 2 is 1.94 bits per heavy atom. The third-order valence-electron chi connectivity index (χ3n) is 3.84. The minimum atomic E-state index is 0.228. The van der Waals surface area contributed by atoms with Crippen molar-refractivity contribution >= 4 is 0 Å². The second-order valence-electron chi connectivity index (χ2n) is 5.58. The van der Waals surface area contributed by atoms with Gasteiger partial charge in [0.25, 0.3) is 0 Å². The average molecular weight is 256 g/mol. The lowest BCUT2D eigenvalue weighted by Crippen LogP contribution is -2.50. The summed E-state index contributed by atoms with van der Waals surface area (Å²) in [4.78, 5) is 2.49. The lowest BCUT2D eigenvalue weighted by molar-refractivity contribution is -0.0416. The summed E-state index contributed by atoms with van der Waals surface area (Å²) in [5, 5.41) is 0. The van der Waals surface area contributed by atoms with Gasteiger partial charge in [0, 0.05) is 19.1 Å². The first-order valence-corrected chi connectivity index (χ1v) is 7.87. The molecule has 2 unspecified atom stereocenters. The maximum atomic E-state index is 6.27. The highest BCUT2D eigenvalue weighted by Crippen LogP contribution is 2.14. The molecule has 0 aromatic carbocycles. The molecule has 0 aromatic heterocycles. The molecule has 0 bridgehead atoms. The molecule has 0 amide bonds. The van der Waals surface area contributed by atoms with Crippen molar-refractivity contribution in [2.75, 3.05) is 26.2 Å². The van der Waals surface area contributed by atoms with Crippen molar-refractivity contribution < 1.29 is 4.74 Å². The number of hydrogen-bond donors (Lipinski definition) is 1. The van der Waals surface area contributed by atoms with Crippen LogP contribution in [0.5, 0.6) is 0 Å². The molecule has 1 fully saturated rings. The summed E-state index contributed by atoms with van der Waals surface area (Å²) in [6, 6.07) is 0.228. The van der Waals surface area contributed by atoms with Crippen molar-refractivity contribution in [2.24, 2.45) is 5.73 Å². The van der Waals surface area contributed by atoms with Gasteiger partial charge in [0.1, 0.15) is 0 Å². The Bertz CT molecular complexity index is 197. The smallest absolute Gasteiger partial charge is 0.0853 e. The summed E-state index contributed by atoms with van der Waals surface area (Å²) in [6.07, 6.45) is 9.21. The molecular weight excluding hydrogens is 224 g/mol. The molecule has 0 aromatic rings. The molecule has 3 heteroatoms. The summed E-state index contributed by atoms with van der Waals surface area (Å²) >= 11 is 0. The molecule has 1 aliphatic heterocycles. The Labute approximate surface area is 113 Å². The Balaban J connectivity index is 2.13. The van der Waals surface area contributed by atoms with Crippen molar-refractivity contribution in [3.05, 3.63) is 0 Å². The first kappa shape index (κ1) is 15.9. The van der Waals surface area contributed by atoms with Gasteiger partial charge >= 0.3 is 0 Å². The Morgan fingerprint density at radius 3 is 2.67 bits per heavy atom. The highest BCUT2D eigenvalue weighted by atomic mass is 16.5. The average Bonchev–Trinajstić information content (AvgIpc) is 2.39. The van der Waals surface area contributed by atoms with Gasteiger partial charge in [-0.3, -0.25) is 4.90 Å². The Morgan fingerprint density at radius 1 is 1.17 bits per heavy atom. The van der Waals surface area contributed by atoms with Gasteiger partial charge in [-0.25, -0.2) is 0 Å². The molecule has 1 rings (SSSR count). The van der Waals surface area contributed by atoms with Gasteiger partial charge in [0.15, 0.2) is 0 Å². The Kier molecular flexibility index (Phi) is 8.64. The van der Waals surface area contributed by atoms with Crippen LogP contribution in [0.3, 0.4) is 0 Å². The maximum Gasteiger partial charge on any atom is 0.0853 e. The lowest BCUT2D eigenvalue weighted by Gasteiger charge is -2.35. The largest absolute Gasteiger partial charge is 0.374 e. The van der Waals surface area contributed by atoms with Crippen LogP contribution in [0, 0.1) is 0 Å². The van der Waals surface area contributed by atoms with E-state index in [-0.39, 0.29) is 12.1 Å². The van der Waals surface area contributed by atoms with E-state index in [0.717, 1.165) is 26.1 Å². The van der Waals surface area contributed by atoms with E-state index in [1.807, 2.05) is 0 Å². The van der Waals surface area contributed by atoms with Crippen LogP contribution >= 0.6 is 0 Å². The standard InChI is InChI=1S/C15H32N2O/c1-3-5-6-7-8-9-14(16)15-13-17(10-4-2)11-12-18-15/h14-15H,3-13,16H2,1-2H3. The van der Waals surface area contributed by atoms with E-state index < -0.39 is 0 Å². The zero-order valence-corrected chi connectivity index (χ0v) is 12.4. The molecule has 108 valence electrons. The quantitative estimate of drug-likeness (QED) is 0.645.